The number of carboxylic acid groups (broad SMARTS) is 1. The van der Waals surface area contributed by atoms with Crippen molar-refractivity contribution >= 4 is 23.6 Å². The van der Waals surface area contributed by atoms with E-state index in [1.54, 1.807) is 0 Å². The number of primary amides is 1. The summed E-state index contributed by atoms with van der Waals surface area (Å²) in [5.74, 6) is -1.53. The molecule has 1 rings (SSSR count). The normalized spacial score (nSPS) is 13.0. The number of hydrogen-bond acceptors (Lipinski definition) is 3. The molecule has 3 amide bonds. The quantitative estimate of drug-likeness (QED) is 0.633. The highest BCUT2D eigenvalue weighted by Crippen LogP contribution is 2.13. The molecule has 2 atom stereocenters. The highest BCUT2D eigenvalue weighted by molar-refractivity contribution is 5.97. The van der Waals surface area contributed by atoms with Crippen LogP contribution in [0.15, 0.2) is 24.3 Å². The third-order valence-corrected chi connectivity index (χ3v) is 3.19. The van der Waals surface area contributed by atoms with Gasteiger partial charge < -0.3 is 21.5 Å². The standard InChI is InChI=1S/C14H19N3O4/c1-3-8(2)11(17-14(15)21)12(18)16-10-6-4-9(5-7-10)13(19)20/h4-8,11H,3H2,1-2H3,(H,16,18)(H,19,20)(H3,15,17,21). The van der Waals surface area contributed by atoms with Crippen molar-refractivity contribution in [3.05, 3.63) is 29.8 Å². The summed E-state index contributed by atoms with van der Waals surface area (Å²) in [5.41, 5.74) is 5.65. The van der Waals surface area contributed by atoms with Crippen molar-refractivity contribution in [2.24, 2.45) is 11.7 Å². The summed E-state index contributed by atoms with van der Waals surface area (Å²) in [6.07, 6.45) is 0.691. The van der Waals surface area contributed by atoms with Gasteiger partial charge in [-0.05, 0) is 30.2 Å². The van der Waals surface area contributed by atoms with Crippen LogP contribution in [0.4, 0.5) is 10.5 Å². The van der Waals surface area contributed by atoms with Gasteiger partial charge in [-0.2, -0.15) is 0 Å². The van der Waals surface area contributed by atoms with Gasteiger partial charge in [0.1, 0.15) is 6.04 Å². The molecule has 1 aromatic rings. The van der Waals surface area contributed by atoms with Crippen molar-refractivity contribution in [3.8, 4) is 0 Å². The minimum absolute atomic E-state index is 0.0872. The molecule has 0 aliphatic rings. The Labute approximate surface area is 122 Å². The van der Waals surface area contributed by atoms with E-state index in [1.165, 1.54) is 24.3 Å². The molecule has 0 heterocycles. The van der Waals surface area contributed by atoms with Crippen LogP contribution in [0.5, 0.6) is 0 Å². The number of carbonyl (C=O) groups is 3. The lowest BCUT2D eigenvalue weighted by Gasteiger charge is -2.22. The molecule has 7 heteroatoms. The lowest BCUT2D eigenvalue weighted by Crippen LogP contribution is -2.49. The van der Waals surface area contributed by atoms with Gasteiger partial charge in [0.25, 0.3) is 0 Å². The number of carboxylic acids is 1. The molecular weight excluding hydrogens is 274 g/mol. The van der Waals surface area contributed by atoms with E-state index < -0.39 is 23.9 Å². The topological polar surface area (TPSA) is 122 Å². The first kappa shape index (κ1) is 16.5. The van der Waals surface area contributed by atoms with E-state index in [0.29, 0.717) is 12.1 Å². The number of nitrogens with one attached hydrogen (secondary N) is 2. The Balaban J connectivity index is 2.80. The molecule has 0 radical (unpaired) electrons. The zero-order valence-electron chi connectivity index (χ0n) is 11.9. The molecule has 0 saturated heterocycles. The van der Waals surface area contributed by atoms with Crippen LogP contribution in [0, 0.1) is 5.92 Å². The number of carbonyl (C=O) groups excluding carboxylic acids is 2. The van der Waals surface area contributed by atoms with Crippen molar-refractivity contribution < 1.29 is 19.5 Å². The predicted molar refractivity (Wildman–Crippen MR) is 78.0 cm³/mol. The van der Waals surface area contributed by atoms with Gasteiger partial charge >= 0.3 is 12.0 Å². The summed E-state index contributed by atoms with van der Waals surface area (Å²) in [6.45, 7) is 3.73. The third-order valence-electron chi connectivity index (χ3n) is 3.19. The molecule has 0 bridgehead atoms. The summed E-state index contributed by atoms with van der Waals surface area (Å²) in [4.78, 5) is 33.9. The Morgan fingerprint density at radius 1 is 1.24 bits per heavy atom. The maximum atomic E-state index is 12.2. The summed E-state index contributed by atoms with van der Waals surface area (Å²) < 4.78 is 0. The maximum Gasteiger partial charge on any atom is 0.335 e. The van der Waals surface area contributed by atoms with E-state index in [2.05, 4.69) is 10.6 Å². The van der Waals surface area contributed by atoms with Crippen LogP contribution < -0.4 is 16.4 Å². The van der Waals surface area contributed by atoms with Gasteiger partial charge in [-0.25, -0.2) is 9.59 Å². The van der Waals surface area contributed by atoms with Gasteiger partial charge in [0.15, 0.2) is 0 Å². The smallest absolute Gasteiger partial charge is 0.335 e. The van der Waals surface area contributed by atoms with Gasteiger partial charge in [0.05, 0.1) is 5.56 Å². The van der Waals surface area contributed by atoms with Crippen molar-refractivity contribution in [1.82, 2.24) is 5.32 Å². The van der Waals surface area contributed by atoms with Crippen molar-refractivity contribution in [1.29, 1.82) is 0 Å². The fourth-order valence-electron chi connectivity index (χ4n) is 1.77. The molecule has 7 nitrogen and oxygen atoms in total. The first-order chi connectivity index (χ1) is 9.85. The fraction of sp³-hybridized carbons (Fsp3) is 0.357. The Kier molecular flexibility index (Phi) is 5.71. The molecule has 114 valence electrons. The lowest BCUT2D eigenvalue weighted by molar-refractivity contribution is -0.119. The monoisotopic (exact) mass is 293 g/mol. The molecule has 0 aliphatic carbocycles. The molecule has 0 spiro atoms. The Morgan fingerprint density at radius 2 is 1.81 bits per heavy atom. The molecular formula is C14H19N3O4. The summed E-state index contributed by atoms with van der Waals surface area (Å²) in [6, 6.07) is 4.23. The average Bonchev–Trinajstić information content (AvgIpc) is 2.44. The molecule has 0 fully saturated rings. The van der Waals surface area contributed by atoms with Crippen molar-refractivity contribution in [2.75, 3.05) is 5.32 Å². The highest BCUT2D eigenvalue weighted by atomic mass is 16.4. The van der Waals surface area contributed by atoms with Crippen LogP contribution in [0.1, 0.15) is 30.6 Å². The number of aromatic carboxylic acids is 1. The number of rotatable bonds is 6. The molecule has 0 aromatic heterocycles. The van der Waals surface area contributed by atoms with E-state index in [9.17, 15) is 14.4 Å². The van der Waals surface area contributed by atoms with Crippen LogP contribution >= 0.6 is 0 Å². The van der Waals surface area contributed by atoms with Crippen molar-refractivity contribution in [2.45, 2.75) is 26.3 Å². The maximum absolute atomic E-state index is 12.2. The number of hydrogen-bond donors (Lipinski definition) is 4. The minimum atomic E-state index is -1.04. The van der Waals surface area contributed by atoms with E-state index in [0.717, 1.165) is 0 Å². The van der Waals surface area contributed by atoms with Gasteiger partial charge in [-0.15, -0.1) is 0 Å². The first-order valence-electron chi connectivity index (χ1n) is 6.55. The van der Waals surface area contributed by atoms with E-state index >= 15 is 0 Å². The summed E-state index contributed by atoms with van der Waals surface area (Å²) in [5, 5.41) is 13.8. The van der Waals surface area contributed by atoms with Gasteiger partial charge in [-0.3, -0.25) is 4.79 Å². The van der Waals surface area contributed by atoms with Gasteiger partial charge in [0, 0.05) is 5.69 Å². The van der Waals surface area contributed by atoms with Crippen LogP contribution in [-0.2, 0) is 4.79 Å². The fourth-order valence-corrected chi connectivity index (χ4v) is 1.77. The number of urea groups is 1. The second-order valence-corrected chi connectivity index (χ2v) is 4.74. The van der Waals surface area contributed by atoms with Crippen LogP contribution in [0.2, 0.25) is 0 Å². The molecule has 2 unspecified atom stereocenters. The number of anilines is 1. The second kappa shape index (κ2) is 7.28. The van der Waals surface area contributed by atoms with E-state index in [4.69, 9.17) is 10.8 Å². The van der Waals surface area contributed by atoms with Gasteiger partial charge in [-0.1, -0.05) is 20.3 Å². The van der Waals surface area contributed by atoms with E-state index in [-0.39, 0.29) is 11.5 Å². The molecule has 1 aromatic carbocycles. The highest BCUT2D eigenvalue weighted by Gasteiger charge is 2.25. The second-order valence-electron chi connectivity index (χ2n) is 4.74. The average molecular weight is 293 g/mol. The summed E-state index contributed by atoms with van der Waals surface area (Å²) in [7, 11) is 0. The third kappa shape index (κ3) is 4.79. The van der Waals surface area contributed by atoms with Crippen LogP contribution in [0.25, 0.3) is 0 Å². The number of amides is 3. The van der Waals surface area contributed by atoms with Crippen LogP contribution in [0.3, 0.4) is 0 Å². The Hall–Kier alpha value is -2.57. The minimum Gasteiger partial charge on any atom is -0.478 e. The first-order valence-corrected chi connectivity index (χ1v) is 6.55. The number of benzene rings is 1. The zero-order chi connectivity index (χ0) is 16.0. The predicted octanol–water partition coefficient (Wildman–Crippen LogP) is 1.41. The van der Waals surface area contributed by atoms with Crippen molar-refractivity contribution in [3.63, 3.8) is 0 Å². The molecule has 21 heavy (non-hydrogen) atoms. The zero-order valence-corrected chi connectivity index (χ0v) is 11.9. The molecule has 0 aliphatic heterocycles. The van der Waals surface area contributed by atoms with Gasteiger partial charge in [0.2, 0.25) is 5.91 Å². The SMILES string of the molecule is CCC(C)C(NC(N)=O)C(=O)Nc1ccc(C(=O)O)cc1. The molecule has 0 saturated carbocycles. The molecule has 5 N–H and O–H groups in total. The lowest BCUT2D eigenvalue weighted by atomic mass is 9.98. The van der Waals surface area contributed by atoms with E-state index in [1.807, 2.05) is 13.8 Å². The summed E-state index contributed by atoms with van der Waals surface area (Å²) >= 11 is 0. The largest absolute Gasteiger partial charge is 0.478 e. The Morgan fingerprint density at radius 3 is 2.24 bits per heavy atom. The van der Waals surface area contributed by atoms with Crippen LogP contribution in [-0.4, -0.2) is 29.1 Å². The Bertz CT molecular complexity index is 528. The number of nitrogens with two attached hydrogens (primary N) is 1.